The van der Waals surface area contributed by atoms with Gasteiger partial charge in [-0.05, 0) is 20.3 Å². The Balaban J connectivity index is 2.38. The van der Waals surface area contributed by atoms with Crippen LogP contribution in [0.1, 0.15) is 65.7 Å². The SMILES string of the molecule is CCCCCCCCC1(C)SC(=O)C=C1OCC(C)=O. The molecule has 114 valence electrons. The summed E-state index contributed by atoms with van der Waals surface area (Å²) in [5.41, 5.74) is 0. The number of unbranched alkanes of at least 4 members (excludes halogenated alkanes) is 5. The lowest BCUT2D eigenvalue weighted by Crippen LogP contribution is -2.23. The molecule has 0 aromatic heterocycles. The van der Waals surface area contributed by atoms with Gasteiger partial charge in [-0.3, -0.25) is 9.59 Å². The Hall–Kier alpha value is -0.770. The fraction of sp³-hybridized carbons (Fsp3) is 0.750. The second-order valence-corrected chi connectivity index (χ2v) is 7.18. The van der Waals surface area contributed by atoms with Crippen molar-refractivity contribution in [2.24, 2.45) is 0 Å². The molecule has 0 aromatic rings. The fourth-order valence-electron chi connectivity index (χ4n) is 2.35. The van der Waals surface area contributed by atoms with E-state index in [1.54, 1.807) is 6.08 Å². The van der Waals surface area contributed by atoms with Gasteiger partial charge in [0.25, 0.3) is 0 Å². The zero-order chi connectivity index (χ0) is 15.0. The predicted octanol–water partition coefficient (Wildman–Crippen LogP) is 4.26. The lowest BCUT2D eigenvalue weighted by Gasteiger charge is -2.25. The summed E-state index contributed by atoms with van der Waals surface area (Å²) in [5, 5.41) is 0.0389. The fourth-order valence-corrected chi connectivity index (χ4v) is 3.43. The molecule has 0 aromatic carbocycles. The molecule has 1 atom stereocenters. The van der Waals surface area contributed by atoms with Crippen molar-refractivity contribution in [3.05, 3.63) is 11.8 Å². The van der Waals surface area contributed by atoms with Crippen molar-refractivity contribution in [2.45, 2.75) is 70.5 Å². The number of hydrogen-bond acceptors (Lipinski definition) is 4. The summed E-state index contributed by atoms with van der Waals surface area (Å²) in [7, 11) is 0. The Kier molecular flexibility index (Phi) is 7.35. The number of ether oxygens (including phenoxy) is 1. The smallest absolute Gasteiger partial charge is 0.216 e. The molecule has 3 nitrogen and oxygen atoms in total. The normalized spacial score (nSPS) is 21.9. The first-order chi connectivity index (χ1) is 9.48. The van der Waals surface area contributed by atoms with Crippen molar-refractivity contribution < 1.29 is 14.3 Å². The van der Waals surface area contributed by atoms with E-state index in [4.69, 9.17) is 4.74 Å². The first-order valence-electron chi connectivity index (χ1n) is 7.55. The van der Waals surface area contributed by atoms with Crippen LogP contribution in [0.4, 0.5) is 0 Å². The van der Waals surface area contributed by atoms with E-state index in [9.17, 15) is 9.59 Å². The molecule has 4 heteroatoms. The quantitative estimate of drug-likeness (QED) is 0.565. The summed E-state index contributed by atoms with van der Waals surface area (Å²) in [5.74, 6) is 0.661. The summed E-state index contributed by atoms with van der Waals surface area (Å²) in [4.78, 5) is 22.6. The lowest BCUT2D eigenvalue weighted by molar-refractivity contribution is -0.120. The van der Waals surface area contributed by atoms with Crippen LogP contribution in [-0.2, 0) is 14.3 Å². The van der Waals surface area contributed by atoms with Crippen molar-refractivity contribution in [3.63, 3.8) is 0 Å². The Labute approximate surface area is 126 Å². The molecule has 1 aliphatic rings. The van der Waals surface area contributed by atoms with Crippen LogP contribution in [-0.4, -0.2) is 22.3 Å². The average Bonchev–Trinajstić information content (AvgIpc) is 2.66. The highest BCUT2D eigenvalue weighted by Crippen LogP contribution is 2.43. The Bertz CT molecular complexity index is 376. The van der Waals surface area contributed by atoms with Gasteiger partial charge < -0.3 is 4.74 Å². The third kappa shape index (κ3) is 5.70. The molecule has 0 spiro atoms. The number of rotatable bonds is 10. The number of carbonyl (C=O) groups excluding carboxylic acids is 2. The van der Waals surface area contributed by atoms with Crippen molar-refractivity contribution in [1.82, 2.24) is 0 Å². The van der Waals surface area contributed by atoms with Crippen LogP contribution >= 0.6 is 11.8 Å². The molecule has 0 saturated heterocycles. The maximum Gasteiger partial charge on any atom is 0.216 e. The standard InChI is InChI=1S/C16H26O3S/c1-4-5-6-7-8-9-10-16(3)14(11-15(18)20-16)19-12-13(2)17/h11H,4-10,12H2,1-3H3. The van der Waals surface area contributed by atoms with E-state index in [0.717, 1.165) is 12.8 Å². The molecule has 0 N–H and O–H groups in total. The highest BCUT2D eigenvalue weighted by molar-refractivity contribution is 8.15. The van der Waals surface area contributed by atoms with E-state index < -0.39 is 0 Å². The lowest BCUT2D eigenvalue weighted by atomic mass is 9.99. The molecule has 20 heavy (non-hydrogen) atoms. The molecule has 1 unspecified atom stereocenters. The van der Waals surface area contributed by atoms with Gasteiger partial charge in [-0.2, -0.15) is 0 Å². The van der Waals surface area contributed by atoms with Crippen molar-refractivity contribution in [1.29, 1.82) is 0 Å². The molecule has 0 aliphatic carbocycles. The Morgan fingerprint density at radius 2 is 1.90 bits per heavy atom. The zero-order valence-electron chi connectivity index (χ0n) is 12.9. The minimum absolute atomic E-state index is 0.0165. The maximum absolute atomic E-state index is 11.6. The number of Topliss-reactive ketones (excluding diaryl/α,β-unsaturated/α-hetero) is 1. The molecule has 1 rings (SSSR count). The molecule has 0 amide bonds. The minimum atomic E-state index is -0.280. The van der Waals surface area contributed by atoms with Gasteiger partial charge in [0.15, 0.2) is 5.78 Å². The van der Waals surface area contributed by atoms with Gasteiger partial charge in [-0.25, -0.2) is 0 Å². The zero-order valence-corrected chi connectivity index (χ0v) is 13.7. The highest BCUT2D eigenvalue weighted by Gasteiger charge is 2.39. The van der Waals surface area contributed by atoms with E-state index >= 15 is 0 Å². The molecule has 1 heterocycles. The van der Waals surface area contributed by atoms with Crippen LogP contribution in [0.25, 0.3) is 0 Å². The van der Waals surface area contributed by atoms with Crippen molar-refractivity contribution in [2.75, 3.05) is 6.61 Å². The van der Waals surface area contributed by atoms with E-state index in [-0.39, 0.29) is 22.3 Å². The van der Waals surface area contributed by atoms with Crippen LogP contribution in [0, 0.1) is 0 Å². The van der Waals surface area contributed by atoms with Crippen LogP contribution in [0.5, 0.6) is 0 Å². The summed E-state index contributed by atoms with van der Waals surface area (Å²) >= 11 is 1.33. The molecule has 1 aliphatic heterocycles. The van der Waals surface area contributed by atoms with Gasteiger partial charge in [-0.1, -0.05) is 57.2 Å². The largest absolute Gasteiger partial charge is 0.489 e. The van der Waals surface area contributed by atoms with Gasteiger partial charge >= 0.3 is 0 Å². The van der Waals surface area contributed by atoms with Crippen LogP contribution in [0.15, 0.2) is 11.8 Å². The molecule has 0 saturated carbocycles. The summed E-state index contributed by atoms with van der Waals surface area (Å²) in [6, 6.07) is 0. The third-order valence-electron chi connectivity index (χ3n) is 3.53. The van der Waals surface area contributed by atoms with Crippen molar-refractivity contribution >= 4 is 22.7 Å². The van der Waals surface area contributed by atoms with E-state index in [0.29, 0.717) is 5.76 Å². The van der Waals surface area contributed by atoms with Crippen LogP contribution in [0.2, 0.25) is 0 Å². The van der Waals surface area contributed by atoms with Crippen LogP contribution < -0.4 is 0 Å². The molecule has 0 bridgehead atoms. The van der Waals surface area contributed by atoms with E-state index in [1.165, 1.54) is 50.8 Å². The molecular formula is C16H26O3S. The average molecular weight is 298 g/mol. The number of carbonyl (C=O) groups is 2. The number of thioether (sulfide) groups is 1. The van der Waals surface area contributed by atoms with Crippen LogP contribution in [0.3, 0.4) is 0 Å². The maximum atomic E-state index is 11.6. The summed E-state index contributed by atoms with van der Waals surface area (Å²) in [6.07, 6.45) is 9.89. The molecule has 0 radical (unpaired) electrons. The first-order valence-corrected chi connectivity index (χ1v) is 8.37. The molecule has 0 fully saturated rings. The predicted molar refractivity (Wildman–Crippen MR) is 83.7 cm³/mol. The summed E-state index contributed by atoms with van der Waals surface area (Å²) in [6.45, 7) is 5.81. The monoisotopic (exact) mass is 298 g/mol. The van der Waals surface area contributed by atoms with Gasteiger partial charge in [0.2, 0.25) is 5.12 Å². The summed E-state index contributed by atoms with van der Waals surface area (Å²) < 4.78 is 5.24. The second kappa shape index (κ2) is 8.50. The first kappa shape index (κ1) is 17.3. The number of ketones is 1. The Morgan fingerprint density at radius 3 is 2.55 bits per heavy atom. The number of hydrogen-bond donors (Lipinski definition) is 0. The van der Waals surface area contributed by atoms with Gasteiger partial charge in [-0.15, -0.1) is 0 Å². The molecular weight excluding hydrogens is 272 g/mol. The van der Waals surface area contributed by atoms with E-state index in [2.05, 4.69) is 6.92 Å². The second-order valence-electron chi connectivity index (χ2n) is 5.67. The van der Waals surface area contributed by atoms with Gasteiger partial charge in [0.1, 0.15) is 12.4 Å². The topological polar surface area (TPSA) is 43.4 Å². The van der Waals surface area contributed by atoms with Gasteiger partial charge in [0.05, 0.1) is 4.75 Å². The van der Waals surface area contributed by atoms with Crippen molar-refractivity contribution in [3.8, 4) is 0 Å². The van der Waals surface area contributed by atoms with E-state index in [1.807, 2.05) is 6.92 Å². The van der Waals surface area contributed by atoms with Gasteiger partial charge in [0, 0.05) is 6.08 Å². The highest BCUT2D eigenvalue weighted by atomic mass is 32.2. The third-order valence-corrected chi connectivity index (χ3v) is 4.71. The Morgan fingerprint density at radius 1 is 1.25 bits per heavy atom. The minimum Gasteiger partial charge on any atom is -0.489 e.